The summed E-state index contributed by atoms with van der Waals surface area (Å²) < 4.78 is 63.4. The van der Waals surface area contributed by atoms with Gasteiger partial charge in [-0.25, -0.2) is 4.39 Å². The Bertz CT molecular complexity index is 216. The number of alkyl halides is 6. The lowest BCUT2D eigenvalue weighted by Gasteiger charge is -2.28. The molecule has 1 nitrogen and oxygen atoms in total. The number of hydrogen-bond donors (Lipinski definition) is 0. The van der Waals surface area contributed by atoms with Crippen LogP contribution >= 0.6 is 22.6 Å². The van der Waals surface area contributed by atoms with Crippen LogP contribution in [0, 0.1) is 0 Å². The van der Waals surface area contributed by atoms with Crippen LogP contribution in [0.2, 0.25) is 0 Å². The Hall–Kier alpha value is 0.340. The molecule has 1 saturated heterocycles. The molecule has 3 atom stereocenters. The molecule has 7 heteroatoms. The van der Waals surface area contributed by atoms with Crippen LogP contribution in [0.5, 0.6) is 0 Å². The van der Waals surface area contributed by atoms with Crippen molar-refractivity contribution in [1.82, 2.24) is 0 Å². The van der Waals surface area contributed by atoms with E-state index in [9.17, 15) is 22.0 Å². The average Bonchev–Trinajstić information content (AvgIpc) is 2.00. The van der Waals surface area contributed by atoms with Gasteiger partial charge in [-0.2, -0.15) is 17.6 Å². The van der Waals surface area contributed by atoms with E-state index in [1.54, 1.807) is 0 Å². The SMILES string of the molecule is CC1CC(F)(I)C(F)(C(F)(F)F)O1. The van der Waals surface area contributed by atoms with Crippen molar-refractivity contribution in [3.63, 3.8) is 0 Å². The van der Waals surface area contributed by atoms with Crippen molar-refractivity contribution in [2.24, 2.45) is 0 Å². The van der Waals surface area contributed by atoms with Crippen molar-refractivity contribution < 1.29 is 26.7 Å². The first-order valence-corrected chi connectivity index (χ1v) is 4.49. The maximum absolute atomic E-state index is 13.2. The number of ether oxygens (including phenoxy) is 1. The largest absolute Gasteiger partial charge is 0.452 e. The monoisotopic (exact) mass is 316 g/mol. The summed E-state index contributed by atoms with van der Waals surface area (Å²) in [6, 6.07) is 0. The second-order valence-corrected chi connectivity index (χ2v) is 4.64. The van der Waals surface area contributed by atoms with Crippen LogP contribution in [0.1, 0.15) is 13.3 Å². The number of rotatable bonds is 0. The lowest BCUT2D eigenvalue weighted by Crippen LogP contribution is -2.51. The van der Waals surface area contributed by atoms with E-state index in [1.165, 1.54) is 6.92 Å². The average molecular weight is 316 g/mol. The zero-order chi connectivity index (χ0) is 10.5. The van der Waals surface area contributed by atoms with E-state index in [1.807, 2.05) is 0 Å². The Labute approximate surface area is 84.8 Å². The molecule has 0 amide bonds. The van der Waals surface area contributed by atoms with Crippen molar-refractivity contribution in [2.45, 2.75) is 35.2 Å². The third kappa shape index (κ3) is 1.64. The van der Waals surface area contributed by atoms with Crippen molar-refractivity contribution in [3.05, 3.63) is 0 Å². The predicted octanol–water partition coefficient (Wildman–Crippen LogP) is 3.12. The van der Waals surface area contributed by atoms with Gasteiger partial charge in [0, 0.05) is 6.42 Å². The van der Waals surface area contributed by atoms with Crippen LogP contribution in [-0.4, -0.2) is 21.8 Å². The lowest BCUT2D eigenvalue weighted by molar-refractivity contribution is -0.339. The van der Waals surface area contributed by atoms with E-state index in [4.69, 9.17) is 0 Å². The van der Waals surface area contributed by atoms with E-state index >= 15 is 0 Å². The summed E-state index contributed by atoms with van der Waals surface area (Å²) in [7, 11) is 0. The third-order valence-corrected chi connectivity index (χ3v) is 2.88. The smallest absolute Gasteiger partial charge is 0.333 e. The molecule has 1 fully saturated rings. The molecule has 78 valence electrons. The molecule has 0 aromatic carbocycles. The van der Waals surface area contributed by atoms with Crippen LogP contribution in [0.25, 0.3) is 0 Å². The molecule has 1 rings (SSSR count). The summed E-state index contributed by atoms with van der Waals surface area (Å²) >= 11 is 0.799. The molecule has 0 spiro atoms. The van der Waals surface area contributed by atoms with E-state index < -0.39 is 28.2 Å². The quantitative estimate of drug-likeness (QED) is 0.379. The second kappa shape index (κ2) is 2.91. The fourth-order valence-electron chi connectivity index (χ4n) is 1.17. The molecule has 0 saturated carbocycles. The van der Waals surface area contributed by atoms with E-state index in [-0.39, 0.29) is 0 Å². The minimum atomic E-state index is -5.34. The molecule has 0 aromatic rings. The highest BCUT2D eigenvalue weighted by molar-refractivity contribution is 14.1. The first kappa shape index (κ1) is 11.4. The Morgan fingerprint density at radius 2 is 1.85 bits per heavy atom. The minimum absolute atomic E-state index is 0.608. The first-order valence-electron chi connectivity index (χ1n) is 3.41. The first-order chi connectivity index (χ1) is 5.60. The van der Waals surface area contributed by atoms with Crippen LogP contribution in [-0.2, 0) is 4.74 Å². The molecule has 0 radical (unpaired) electrons. The van der Waals surface area contributed by atoms with Gasteiger partial charge in [-0.3, -0.25) is 0 Å². The molecule has 1 aliphatic heterocycles. The van der Waals surface area contributed by atoms with Crippen molar-refractivity contribution in [2.75, 3.05) is 0 Å². The zero-order valence-electron chi connectivity index (χ0n) is 6.46. The molecule has 1 aliphatic rings. The van der Waals surface area contributed by atoms with Crippen molar-refractivity contribution in [3.8, 4) is 0 Å². The summed E-state index contributed by atoms with van der Waals surface area (Å²) in [5, 5.41) is 0. The van der Waals surface area contributed by atoms with Crippen molar-refractivity contribution >= 4 is 22.6 Å². The molecule has 0 bridgehead atoms. The van der Waals surface area contributed by atoms with Gasteiger partial charge in [0.2, 0.25) is 3.68 Å². The summed E-state index contributed by atoms with van der Waals surface area (Å²) in [5.74, 6) is -4.18. The van der Waals surface area contributed by atoms with Gasteiger partial charge in [0.05, 0.1) is 6.10 Å². The Kier molecular flexibility index (Phi) is 2.56. The fraction of sp³-hybridized carbons (Fsp3) is 1.00. The highest BCUT2D eigenvalue weighted by Gasteiger charge is 2.74. The van der Waals surface area contributed by atoms with E-state index in [0.717, 1.165) is 22.6 Å². The van der Waals surface area contributed by atoms with Gasteiger partial charge in [-0.05, 0) is 29.5 Å². The summed E-state index contributed by atoms with van der Waals surface area (Å²) in [4.78, 5) is 0. The maximum Gasteiger partial charge on any atom is 0.452 e. The molecule has 0 N–H and O–H groups in total. The summed E-state index contributed by atoms with van der Waals surface area (Å²) in [5.41, 5.74) is 0. The summed E-state index contributed by atoms with van der Waals surface area (Å²) in [6.07, 6.45) is -7.02. The Morgan fingerprint density at radius 3 is 2.00 bits per heavy atom. The standard InChI is InChI=1S/C6H6F5IO/c1-3-2-4(7,12)5(8,13-3)6(9,10)11/h3H,2H2,1H3. The molecule has 1 heterocycles. The predicted molar refractivity (Wildman–Crippen MR) is 42.9 cm³/mol. The molecule has 0 aromatic heterocycles. The molecular formula is C6H6F5IO. The van der Waals surface area contributed by atoms with Gasteiger partial charge >= 0.3 is 12.0 Å². The van der Waals surface area contributed by atoms with Crippen LogP contribution in [0.4, 0.5) is 22.0 Å². The minimum Gasteiger partial charge on any atom is -0.333 e. The molecule has 0 aliphatic carbocycles. The van der Waals surface area contributed by atoms with Gasteiger partial charge in [-0.15, -0.1) is 0 Å². The molecule has 3 unspecified atom stereocenters. The number of halogens is 6. The van der Waals surface area contributed by atoms with E-state index in [2.05, 4.69) is 4.74 Å². The maximum atomic E-state index is 13.2. The Morgan fingerprint density at radius 1 is 1.38 bits per heavy atom. The van der Waals surface area contributed by atoms with Gasteiger partial charge in [-0.1, -0.05) is 0 Å². The number of hydrogen-bond acceptors (Lipinski definition) is 1. The highest BCUT2D eigenvalue weighted by Crippen LogP contribution is 2.55. The fourth-order valence-corrected chi connectivity index (χ4v) is 2.22. The molecule has 13 heavy (non-hydrogen) atoms. The van der Waals surface area contributed by atoms with Crippen molar-refractivity contribution in [1.29, 1.82) is 0 Å². The third-order valence-electron chi connectivity index (χ3n) is 1.74. The van der Waals surface area contributed by atoms with Crippen LogP contribution in [0.15, 0.2) is 0 Å². The lowest BCUT2D eigenvalue weighted by atomic mass is 10.1. The summed E-state index contributed by atoms with van der Waals surface area (Å²) in [6.45, 7) is 1.19. The Balaban J connectivity index is 3.03. The van der Waals surface area contributed by atoms with Gasteiger partial charge in [0.25, 0.3) is 0 Å². The van der Waals surface area contributed by atoms with Crippen LogP contribution in [0.3, 0.4) is 0 Å². The highest BCUT2D eigenvalue weighted by atomic mass is 127. The van der Waals surface area contributed by atoms with Crippen LogP contribution < -0.4 is 0 Å². The normalized spacial score (nSPS) is 46.8. The van der Waals surface area contributed by atoms with Gasteiger partial charge in [0.15, 0.2) is 0 Å². The second-order valence-electron chi connectivity index (χ2n) is 2.93. The van der Waals surface area contributed by atoms with Gasteiger partial charge < -0.3 is 4.74 Å². The molecular weight excluding hydrogens is 310 g/mol. The zero-order valence-corrected chi connectivity index (χ0v) is 8.62. The topological polar surface area (TPSA) is 9.23 Å². The van der Waals surface area contributed by atoms with E-state index in [0.29, 0.717) is 0 Å². The van der Waals surface area contributed by atoms with Gasteiger partial charge in [0.1, 0.15) is 0 Å².